The van der Waals surface area contributed by atoms with Gasteiger partial charge in [-0.25, -0.2) is 0 Å². The van der Waals surface area contributed by atoms with Crippen LogP contribution in [0.15, 0.2) is 24.3 Å². The fraction of sp³-hybridized carbons (Fsp3) is 0.562. The zero-order valence-corrected chi connectivity index (χ0v) is 10.8. The standard InChI is InChI=1S/C16H21NO/c18-12-14-7-2-4-10-16(14)17-11-5-8-13-6-1-3-9-15(13)17/h2,4,7,10,12-13,15H,1,3,5-6,8-9,11H2. The molecule has 2 atom stereocenters. The second kappa shape index (κ2) is 5.13. The summed E-state index contributed by atoms with van der Waals surface area (Å²) in [6.07, 6.45) is 9.08. The number of nitrogens with zero attached hydrogens (tertiary/aromatic N) is 1. The number of hydrogen-bond donors (Lipinski definition) is 0. The molecule has 2 fully saturated rings. The Labute approximate surface area is 109 Å². The summed E-state index contributed by atoms with van der Waals surface area (Å²) in [6.45, 7) is 1.12. The SMILES string of the molecule is O=Cc1ccccc1N1CCCC2CCCCC21. The van der Waals surface area contributed by atoms with E-state index in [9.17, 15) is 4.79 Å². The maximum Gasteiger partial charge on any atom is 0.152 e. The molecule has 2 nitrogen and oxygen atoms in total. The highest BCUT2D eigenvalue weighted by Gasteiger charge is 2.33. The molecule has 2 heteroatoms. The van der Waals surface area contributed by atoms with Crippen molar-refractivity contribution < 1.29 is 4.79 Å². The summed E-state index contributed by atoms with van der Waals surface area (Å²) >= 11 is 0. The lowest BCUT2D eigenvalue weighted by molar-refractivity contribution is 0.112. The number of aldehydes is 1. The molecule has 2 unspecified atom stereocenters. The first-order valence-electron chi connectivity index (χ1n) is 7.21. The van der Waals surface area contributed by atoms with Crippen molar-refractivity contribution in [1.82, 2.24) is 0 Å². The van der Waals surface area contributed by atoms with E-state index in [1.165, 1.54) is 38.5 Å². The topological polar surface area (TPSA) is 20.3 Å². The van der Waals surface area contributed by atoms with Gasteiger partial charge in [0, 0.05) is 23.8 Å². The number of carbonyl (C=O) groups is 1. The molecule has 0 bridgehead atoms. The Hall–Kier alpha value is -1.31. The normalized spacial score (nSPS) is 27.7. The third-order valence-corrected chi connectivity index (χ3v) is 4.62. The van der Waals surface area contributed by atoms with Crippen LogP contribution in [0.1, 0.15) is 48.9 Å². The van der Waals surface area contributed by atoms with Crippen LogP contribution in [0.4, 0.5) is 5.69 Å². The molecule has 1 aromatic rings. The summed E-state index contributed by atoms with van der Waals surface area (Å²) in [7, 11) is 0. The minimum Gasteiger partial charge on any atom is -0.368 e. The van der Waals surface area contributed by atoms with E-state index in [4.69, 9.17) is 0 Å². The molecular formula is C16H21NO. The molecule has 0 radical (unpaired) electrons. The van der Waals surface area contributed by atoms with Crippen molar-refractivity contribution in [1.29, 1.82) is 0 Å². The van der Waals surface area contributed by atoms with E-state index in [2.05, 4.69) is 17.0 Å². The van der Waals surface area contributed by atoms with Gasteiger partial charge in [-0.15, -0.1) is 0 Å². The van der Waals surface area contributed by atoms with E-state index >= 15 is 0 Å². The van der Waals surface area contributed by atoms with Crippen molar-refractivity contribution in [2.45, 2.75) is 44.6 Å². The number of benzene rings is 1. The van der Waals surface area contributed by atoms with Gasteiger partial charge in [0.1, 0.15) is 0 Å². The summed E-state index contributed by atoms with van der Waals surface area (Å²) in [5.74, 6) is 0.854. The Kier molecular flexibility index (Phi) is 3.35. The molecule has 1 aliphatic carbocycles. The van der Waals surface area contributed by atoms with Crippen LogP contribution in [0.5, 0.6) is 0 Å². The maximum absolute atomic E-state index is 11.2. The van der Waals surface area contributed by atoms with E-state index in [1.54, 1.807) is 0 Å². The van der Waals surface area contributed by atoms with Gasteiger partial charge in [-0.3, -0.25) is 4.79 Å². The van der Waals surface area contributed by atoms with Gasteiger partial charge in [0.15, 0.2) is 6.29 Å². The smallest absolute Gasteiger partial charge is 0.152 e. The Morgan fingerprint density at radius 2 is 1.83 bits per heavy atom. The van der Waals surface area contributed by atoms with Crippen LogP contribution in [-0.4, -0.2) is 18.9 Å². The van der Waals surface area contributed by atoms with Crippen molar-refractivity contribution in [2.24, 2.45) is 5.92 Å². The summed E-state index contributed by atoms with van der Waals surface area (Å²) in [5.41, 5.74) is 2.01. The average molecular weight is 243 g/mol. The third-order valence-electron chi connectivity index (χ3n) is 4.62. The molecule has 0 amide bonds. The number of anilines is 1. The highest BCUT2D eigenvalue weighted by Crippen LogP contribution is 2.38. The Balaban J connectivity index is 1.91. The van der Waals surface area contributed by atoms with Crippen molar-refractivity contribution in [3.8, 4) is 0 Å². The van der Waals surface area contributed by atoms with E-state index in [-0.39, 0.29) is 0 Å². The molecule has 1 aromatic carbocycles. The highest BCUT2D eigenvalue weighted by molar-refractivity contribution is 5.84. The zero-order valence-electron chi connectivity index (χ0n) is 10.8. The minimum absolute atomic E-state index is 0.675. The Morgan fingerprint density at radius 1 is 1.06 bits per heavy atom. The van der Waals surface area contributed by atoms with Crippen LogP contribution < -0.4 is 4.90 Å². The molecule has 0 spiro atoms. The van der Waals surface area contributed by atoms with E-state index in [0.29, 0.717) is 6.04 Å². The summed E-state index contributed by atoms with van der Waals surface area (Å²) in [4.78, 5) is 13.7. The number of rotatable bonds is 2. The molecule has 96 valence electrons. The first-order chi connectivity index (χ1) is 8.90. The quantitative estimate of drug-likeness (QED) is 0.739. The van der Waals surface area contributed by atoms with Crippen LogP contribution in [0, 0.1) is 5.92 Å². The average Bonchev–Trinajstić information content (AvgIpc) is 2.46. The van der Waals surface area contributed by atoms with Crippen LogP contribution in [0.25, 0.3) is 0 Å². The van der Waals surface area contributed by atoms with Gasteiger partial charge in [-0.1, -0.05) is 25.0 Å². The lowest BCUT2D eigenvalue weighted by atomic mass is 9.78. The monoisotopic (exact) mass is 243 g/mol. The minimum atomic E-state index is 0.675. The Morgan fingerprint density at radius 3 is 2.72 bits per heavy atom. The molecule has 0 aromatic heterocycles. The van der Waals surface area contributed by atoms with E-state index in [1.807, 2.05) is 12.1 Å². The van der Waals surface area contributed by atoms with Gasteiger partial charge < -0.3 is 4.90 Å². The van der Waals surface area contributed by atoms with Crippen LogP contribution in [0.3, 0.4) is 0 Å². The first kappa shape index (κ1) is 11.8. The van der Waals surface area contributed by atoms with Crippen LogP contribution in [-0.2, 0) is 0 Å². The zero-order chi connectivity index (χ0) is 12.4. The lowest BCUT2D eigenvalue weighted by Crippen LogP contribution is -2.47. The molecular weight excluding hydrogens is 222 g/mol. The second-order valence-corrected chi connectivity index (χ2v) is 5.62. The molecule has 1 heterocycles. The Bertz CT molecular complexity index is 427. The molecule has 1 saturated carbocycles. The predicted octanol–water partition coefficient (Wildman–Crippen LogP) is 3.66. The van der Waals surface area contributed by atoms with Crippen molar-refractivity contribution in [3.05, 3.63) is 29.8 Å². The second-order valence-electron chi connectivity index (χ2n) is 5.62. The molecule has 0 N–H and O–H groups in total. The molecule has 1 saturated heterocycles. The van der Waals surface area contributed by atoms with Crippen molar-refractivity contribution in [3.63, 3.8) is 0 Å². The van der Waals surface area contributed by atoms with E-state index < -0.39 is 0 Å². The van der Waals surface area contributed by atoms with Gasteiger partial charge in [-0.2, -0.15) is 0 Å². The van der Waals surface area contributed by atoms with E-state index in [0.717, 1.165) is 30.0 Å². The number of para-hydroxylation sites is 1. The van der Waals surface area contributed by atoms with Gasteiger partial charge in [0.05, 0.1) is 0 Å². The predicted molar refractivity (Wildman–Crippen MR) is 74.2 cm³/mol. The summed E-state index contributed by atoms with van der Waals surface area (Å²) in [5, 5.41) is 0. The van der Waals surface area contributed by atoms with Gasteiger partial charge in [-0.05, 0) is 43.7 Å². The summed E-state index contributed by atoms with van der Waals surface area (Å²) < 4.78 is 0. The maximum atomic E-state index is 11.2. The number of carbonyl (C=O) groups excluding carboxylic acids is 1. The highest BCUT2D eigenvalue weighted by atomic mass is 16.1. The van der Waals surface area contributed by atoms with Gasteiger partial charge in [0.25, 0.3) is 0 Å². The largest absolute Gasteiger partial charge is 0.368 e. The van der Waals surface area contributed by atoms with Gasteiger partial charge in [0.2, 0.25) is 0 Å². The number of fused-ring (bicyclic) bond motifs is 1. The molecule has 3 rings (SSSR count). The first-order valence-corrected chi connectivity index (χ1v) is 7.21. The van der Waals surface area contributed by atoms with Crippen molar-refractivity contribution >= 4 is 12.0 Å². The van der Waals surface area contributed by atoms with Gasteiger partial charge >= 0.3 is 0 Å². The third kappa shape index (κ3) is 2.05. The lowest BCUT2D eigenvalue weighted by Gasteiger charge is -2.45. The van der Waals surface area contributed by atoms with Crippen LogP contribution >= 0.6 is 0 Å². The summed E-state index contributed by atoms with van der Waals surface area (Å²) in [6, 6.07) is 8.73. The van der Waals surface area contributed by atoms with Crippen molar-refractivity contribution in [2.75, 3.05) is 11.4 Å². The fourth-order valence-electron chi connectivity index (χ4n) is 3.77. The fourth-order valence-corrected chi connectivity index (χ4v) is 3.77. The van der Waals surface area contributed by atoms with Crippen LogP contribution in [0.2, 0.25) is 0 Å². The molecule has 1 aliphatic heterocycles. The number of piperidine rings is 1. The number of hydrogen-bond acceptors (Lipinski definition) is 2. The molecule has 2 aliphatic rings. The molecule has 18 heavy (non-hydrogen) atoms.